The van der Waals surface area contributed by atoms with Gasteiger partial charge in [0.05, 0.1) is 19.6 Å². The van der Waals surface area contributed by atoms with Crippen molar-refractivity contribution in [2.75, 3.05) is 12.4 Å². The van der Waals surface area contributed by atoms with E-state index < -0.39 is 33.8 Å². The number of benzene rings is 3. The van der Waals surface area contributed by atoms with Gasteiger partial charge in [-0.2, -0.15) is 8.42 Å². The Kier molecular flexibility index (Phi) is 6.42. The number of methoxy groups -OCH3 is 1. The fraction of sp³-hybridized carbons (Fsp3) is 0.125. The van der Waals surface area contributed by atoms with E-state index in [0.29, 0.717) is 22.4 Å². The zero-order valence-corrected chi connectivity index (χ0v) is 18.8. The van der Waals surface area contributed by atoms with Gasteiger partial charge in [0.25, 0.3) is 15.9 Å². The first-order chi connectivity index (χ1) is 16.3. The minimum Gasteiger partial charge on any atom is -0.469 e. The number of fused-ring (bicyclic) bond motifs is 1. The van der Waals surface area contributed by atoms with Crippen LogP contribution in [0.3, 0.4) is 0 Å². The number of carbonyl (C=O) groups excluding carboxylic acids is 2. The van der Waals surface area contributed by atoms with Gasteiger partial charge in [0.1, 0.15) is 10.7 Å². The van der Waals surface area contributed by atoms with E-state index in [-0.39, 0.29) is 17.2 Å². The maximum absolute atomic E-state index is 13.3. The number of sulfonamides is 1. The van der Waals surface area contributed by atoms with Gasteiger partial charge in [0.15, 0.2) is 5.84 Å². The van der Waals surface area contributed by atoms with Crippen molar-refractivity contribution >= 4 is 33.4 Å². The average Bonchev–Trinajstić information content (AvgIpc) is 3.09. The summed E-state index contributed by atoms with van der Waals surface area (Å²) in [4.78, 5) is 24.8. The summed E-state index contributed by atoms with van der Waals surface area (Å²) in [6.07, 6.45) is -0.124. The Morgan fingerprint density at radius 1 is 1.00 bits per heavy atom. The van der Waals surface area contributed by atoms with Crippen LogP contribution in [-0.2, 0) is 19.6 Å². The van der Waals surface area contributed by atoms with E-state index >= 15 is 0 Å². The van der Waals surface area contributed by atoms with Gasteiger partial charge in [-0.05, 0) is 54.1 Å². The van der Waals surface area contributed by atoms with Crippen LogP contribution in [0.1, 0.15) is 33.9 Å². The van der Waals surface area contributed by atoms with E-state index in [1.54, 1.807) is 42.5 Å². The lowest BCUT2D eigenvalue weighted by Crippen LogP contribution is -2.30. The zero-order valence-electron chi connectivity index (χ0n) is 18.0. The highest BCUT2D eigenvalue weighted by Gasteiger charge is 2.28. The standard InChI is InChI=1S/C24H20FN3O5S/c1-33-22(29)14-20(15-6-10-17(25)11-7-15)27-24(30)16-8-12-18(13-9-16)26-23-19-4-2-3-5-21(19)34(31,32)28-23/h2-13,20H,14H2,1H3,(H,26,28)(H,27,30). The molecule has 174 valence electrons. The molecular weight excluding hydrogens is 461 g/mol. The number of halogens is 1. The topological polar surface area (TPSA) is 114 Å². The number of nitrogens with zero attached hydrogens (tertiary/aromatic N) is 1. The summed E-state index contributed by atoms with van der Waals surface area (Å²) >= 11 is 0. The van der Waals surface area contributed by atoms with Crippen molar-refractivity contribution in [3.05, 3.63) is 95.3 Å². The van der Waals surface area contributed by atoms with Crippen molar-refractivity contribution in [1.29, 1.82) is 0 Å². The molecule has 0 spiro atoms. The van der Waals surface area contributed by atoms with Gasteiger partial charge in [-0.15, -0.1) is 4.40 Å². The molecule has 0 radical (unpaired) electrons. The molecule has 0 bridgehead atoms. The molecule has 3 aromatic carbocycles. The van der Waals surface area contributed by atoms with Gasteiger partial charge >= 0.3 is 5.97 Å². The summed E-state index contributed by atoms with van der Waals surface area (Å²) in [5, 5.41) is 5.73. The number of esters is 1. The van der Waals surface area contributed by atoms with E-state index in [1.165, 1.54) is 37.4 Å². The fourth-order valence-electron chi connectivity index (χ4n) is 3.48. The summed E-state index contributed by atoms with van der Waals surface area (Å²) in [7, 11) is -2.51. The molecule has 1 amide bonds. The van der Waals surface area contributed by atoms with Crippen LogP contribution in [0.15, 0.2) is 82.1 Å². The predicted molar refractivity (Wildman–Crippen MR) is 123 cm³/mol. The summed E-state index contributed by atoms with van der Waals surface area (Å²) in [6.45, 7) is 0. The van der Waals surface area contributed by atoms with Gasteiger partial charge in [-0.3, -0.25) is 9.59 Å². The second kappa shape index (κ2) is 9.44. The Bertz CT molecular complexity index is 1370. The van der Waals surface area contributed by atoms with Crippen LogP contribution in [0.5, 0.6) is 0 Å². The lowest BCUT2D eigenvalue weighted by atomic mass is 10.0. The van der Waals surface area contributed by atoms with E-state index in [2.05, 4.69) is 15.0 Å². The van der Waals surface area contributed by atoms with Gasteiger partial charge < -0.3 is 15.4 Å². The Labute approximate surface area is 195 Å². The molecule has 2 N–H and O–H groups in total. The largest absolute Gasteiger partial charge is 0.469 e. The van der Waals surface area contributed by atoms with Crippen LogP contribution < -0.4 is 10.6 Å². The Hall–Kier alpha value is -4.05. The molecule has 1 aliphatic rings. The van der Waals surface area contributed by atoms with Crippen LogP contribution in [0.25, 0.3) is 0 Å². The number of amides is 1. The quantitative estimate of drug-likeness (QED) is 0.522. The van der Waals surface area contributed by atoms with Crippen LogP contribution in [0.2, 0.25) is 0 Å². The van der Waals surface area contributed by atoms with E-state index in [1.807, 2.05) is 0 Å². The first kappa shape index (κ1) is 23.1. The van der Waals surface area contributed by atoms with Crippen molar-refractivity contribution in [2.24, 2.45) is 4.40 Å². The molecule has 0 fully saturated rings. The lowest BCUT2D eigenvalue weighted by molar-refractivity contribution is -0.141. The Morgan fingerprint density at radius 3 is 2.35 bits per heavy atom. The van der Waals surface area contributed by atoms with Gasteiger partial charge in [0, 0.05) is 16.8 Å². The fourth-order valence-corrected chi connectivity index (χ4v) is 4.65. The minimum absolute atomic E-state index is 0.124. The second-order valence-electron chi connectivity index (χ2n) is 7.47. The summed E-state index contributed by atoms with van der Waals surface area (Å²) < 4.78 is 46.2. The molecule has 10 heteroatoms. The van der Waals surface area contributed by atoms with Crippen molar-refractivity contribution in [2.45, 2.75) is 17.4 Å². The van der Waals surface area contributed by atoms with Gasteiger partial charge in [0.2, 0.25) is 0 Å². The number of amidine groups is 1. The van der Waals surface area contributed by atoms with Crippen molar-refractivity contribution in [1.82, 2.24) is 5.32 Å². The molecule has 0 aromatic heterocycles. The highest BCUT2D eigenvalue weighted by molar-refractivity contribution is 7.90. The van der Waals surface area contributed by atoms with Crippen molar-refractivity contribution < 1.29 is 27.1 Å². The number of hydrogen-bond donors (Lipinski definition) is 2. The second-order valence-corrected chi connectivity index (χ2v) is 9.04. The van der Waals surface area contributed by atoms with E-state index in [0.717, 1.165) is 0 Å². The highest BCUT2D eigenvalue weighted by Crippen LogP contribution is 2.27. The van der Waals surface area contributed by atoms with Crippen LogP contribution in [-0.4, -0.2) is 33.2 Å². The normalized spacial score (nSPS) is 14.5. The maximum Gasteiger partial charge on any atom is 0.307 e. The molecule has 34 heavy (non-hydrogen) atoms. The zero-order chi connectivity index (χ0) is 24.3. The third-order valence-corrected chi connectivity index (χ3v) is 6.55. The molecule has 0 saturated carbocycles. The number of anilines is 1. The summed E-state index contributed by atoms with van der Waals surface area (Å²) in [5.74, 6) is -1.21. The number of ether oxygens (including phenoxy) is 1. The van der Waals surface area contributed by atoms with Crippen molar-refractivity contribution in [3.63, 3.8) is 0 Å². The molecular formula is C24H20FN3O5S. The van der Waals surface area contributed by atoms with Crippen LogP contribution in [0.4, 0.5) is 10.1 Å². The Morgan fingerprint density at radius 2 is 1.68 bits per heavy atom. The molecule has 1 unspecified atom stereocenters. The third kappa shape index (κ3) is 4.96. The van der Waals surface area contributed by atoms with Gasteiger partial charge in [-0.1, -0.05) is 24.3 Å². The highest BCUT2D eigenvalue weighted by atomic mass is 32.2. The van der Waals surface area contributed by atoms with E-state index in [9.17, 15) is 22.4 Å². The SMILES string of the molecule is COC(=O)CC(NC(=O)c1ccc(NC2=NS(=O)(=O)c3ccccc32)cc1)c1ccc(F)cc1. The number of nitrogens with one attached hydrogen (secondary N) is 2. The molecule has 1 atom stereocenters. The molecule has 0 aliphatic carbocycles. The molecule has 0 saturated heterocycles. The number of hydrogen-bond acceptors (Lipinski definition) is 6. The molecule has 8 nitrogen and oxygen atoms in total. The van der Waals surface area contributed by atoms with Gasteiger partial charge in [-0.25, -0.2) is 4.39 Å². The monoisotopic (exact) mass is 481 g/mol. The van der Waals surface area contributed by atoms with Crippen LogP contribution in [0, 0.1) is 5.82 Å². The molecule has 3 aromatic rings. The predicted octanol–water partition coefficient (Wildman–Crippen LogP) is 3.42. The smallest absolute Gasteiger partial charge is 0.307 e. The summed E-state index contributed by atoms with van der Waals surface area (Å²) in [5.41, 5.74) is 1.86. The number of rotatable bonds is 6. The third-order valence-electron chi connectivity index (χ3n) is 5.22. The summed E-state index contributed by atoms with van der Waals surface area (Å²) in [6, 6.07) is 17.6. The van der Waals surface area contributed by atoms with E-state index in [4.69, 9.17) is 4.74 Å². The first-order valence-corrected chi connectivity index (χ1v) is 11.7. The average molecular weight is 482 g/mol. The number of carbonyl (C=O) groups is 2. The van der Waals surface area contributed by atoms with Crippen molar-refractivity contribution in [3.8, 4) is 0 Å². The first-order valence-electron chi connectivity index (χ1n) is 10.2. The Balaban J connectivity index is 1.49. The maximum atomic E-state index is 13.3. The lowest BCUT2D eigenvalue weighted by Gasteiger charge is -2.18. The molecule has 4 rings (SSSR count). The minimum atomic E-state index is -3.75. The molecule has 1 heterocycles. The molecule has 1 aliphatic heterocycles. The van der Waals surface area contributed by atoms with Crippen LogP contribution >= 0.6 is 0 Å².